The van der Waals surface area contributed by atoms with Crippen LogP contribution in [0.1, 0.15) is 87.8 Å². The molecule has 0 aromatic heterocycles. The van der Waals surface area contributed by atoms with Crippen LogP contribution in [-0.4, -0.2) is 34.7 Å². The fraction of sp³-hybridized carbons (Fsp3) is 0.654. The Morgan fingerprint density at radius 1 is 1.06 bits per heavy atom. The number of benzene rings is 1. The molecule has 1 aromatic rings. The lowest BCUT2D eigenvalue weighted by Gasteiger charge is -2.44. The van der Waals surface area contributed by atoms with Gasteiger partial charge in [0.15, 0.2) is 0 Å². The lowest BCUT2D eigenvalue weighted by Crippen LogP contribution is -2.44. The third-order valence-corrected chi connectivity index (χ3v) is 7.25. The van der Waals surface area contributed by atoms with Gasteiger partial charge in [0.2, 0.25) is 0 Å². The minimum Gasteiger partial charge on any atom is -0.481 e. The van der Waals surface area contributed by atoms with E-state index in [1.165, 1.54) is 17.7 Å². The van der Waals surface area contributed by atoms with E-state index < -0.39 is 42.4 Å². The first-order valence-electron chi connectivity index (χ1n) is 12.3. The monoisotopic (exact) mass is 505 g/mol. The van der Waals surface area contributed by atoms with Crippen LogP contribution in [-0.2, 0) is 11.0 Å². The molecule has 1 fully saturated rings. The zero-order chi connectivity index (χ0) is 25.6. The van der Waals surface area contributed by atoms with Crippen LogP contribution < -0.4 is 0 Å². The summed E-state index contributed by atoms with van der Waals surface area (Å²) < 4.78 is 78.7. The second-order valence-electron chi connectivity index (χ2n) is 9.82. The Labute approximate surface area is 202 Å². The van der Waals surface area contributed by atoms with Crippen LogP contribution in [0.4, 0.5) is 26.3 Å². The van der Waals surface area contributed by atoms with E-state index in [1.807, 2.05) is 4.90 Å². The van der Waals surface area contributed by atoms with Crippen molar-refractivity contribution in [1.82, 2.24) is 4.90 Å². The Balaban J connectivity index is 1.85. The minimum absolute atomic E-state index is 0.0644. The minimum atomic E-state index is -4.49. The average Bonchev–Trinajstić information content (AvgIpc) is 2.78. The molecule has 0 radical (unpaired) electrons. The smallest absolute Gasteiger partial charge is 0.416 e. The number of nitrogens with zero attached hydrogens (tertiary/aromatic N) is 1. The fourth-order valence-electron chi connectivity index (χ4n) is 5.44. The number of alkyl halides is 6. The molecule has 3 rings (SSSR count). The predicted molar refractivity (Wildman–Crippen MR) is 121 cm³/mol. The van der Waals surface area contributed by atoms with Crippen LogP contribution >= 0.6 is 0 Å². The number of rotatable bonds is 9. The Kier molecular flexibility index (Phi) is 9.29. The van der Waals surface area contributed by atoms with E-state index in [9.17, 15) is 36.2 Å². The standard InChI is InChI=1S/C26H33F6NO2/c27-25(28,29)14-12-22(11-6-18-4-2-1-3-5-18)33-15-13-19(17-24(34)35)16-23(33)20-7-9-21(10-8-20)26(30,31)32/h4,7-10,19,22-23H,1-3,5-6,11-17H2,(H,34,35). The number of likely N-dealkylation sites (tertiary alicyclic amines) is 1. The van der Waals surface area contributed by atoms with Gasteiger partial charge in [0, 0.05) is 24.9 Å². The van der Waals surface area contributed by atoms with Crippen molar-refractivity contribution in [2.75, 3.05) is 6.54 Å². The highest BCUT2D eigenvalue weighted by molar-refractivity contribution is 5.67. The molecule has 9 heteroatoms. The molecular weight excluding hydrogens is 472 g/mol. The highest BCUT2D eigenvalue weighted by Gasteiger charge is 2.37. The van der Waals surface area contributed by atoms with Crippen LogP contribution in [0.3, 0.4) is 0 Å². The molecule has 3 unspecified atom stereocenters. The van der Waals surface area contributed by atoms with E-state index in [0.29, 0.717) is 37.8 Å². The van der Waals surface area contributed by atoms with E-state index in [-0.39, 0.29) is 18.8 Å². The summed E-state index contributed by atoms with van der Waals surface area (Å²) in [6.45, 7) is 0.422. The summed E-state index contributed by atoms with van der Waals surface area (Å²) in [4.78, 5) is 13.3. The lowest BCUT2D eigenvalue weighted by atomic mass is 9.82. The Morgan fingerprint density at radius 3 is 2.34 bits per heavy atom. The van der Waals surface area contributed by atoms with Crippen molar-refractivity contribution in [2.24, 2.45) is 5.92 Å². The van der Waals surface area contributed by atoms with Crippen molar-refractivity contribution in [3.8, 4) is 0 Å². The van der Waals surface area contributed by atoms with Crippen molar-refractivity contribution < 1.29 is 36.2 Å². The topological polar surface area (TPSA) is 40.5 Å². The molecule has 0 bridgehead atoms. The number of halogens is 6. The van der Waals surface area contributed by atoms with Gasteiger partial charge in [-0.15, -0.1) is 0 Å². The van der Waals surface area contributed by atoms with E-state index in [0.717, 1.165) is 37.8 Å². The maximum Gasteiger partial charge on any atom is 0.416 e. The van der Waals surface area contributed by atoms with Crippen molar-refractivity contribution in [3.05, 3.63) is 47.0 Å². The number of allylic oxidation sites excluding steroid dienone is 2. The normalized spacial score (nSPS) is 23.1. The van der Waals surface area contributed by atoms with Crippen LogP contribution in [0.5, 0.6) is 0 Å². The molecule has 0 amide bonds. The number of carboxylic acids is 1. The maximum absolute atomic E-state index is 13.2. The molecule has 2 aliphatic rings. The zero-order valence-corrected chi connectivity index (χ0v) is 19.7. The van der Waals surface area contributed by atoms with E-state index in [1.54, 1.807) is 0 Å². The number of hydrogen-bond acceptors (Lipinski definition) is 2. The van der Waals surface area contributed by atoms with Gasteiger partial charge in [0.1, 0.15) is 0 Å². The molecular formula is C26H33F6NO2. The van der Waals surface area contributed by atoms with Gasteiger partial charge >= 0.3 is 18.3 Å². The summed E-state index contributed by atoms with van der Waals surface area (Å²) >= 11 is 0. The number of piperidine rings is 1. The van der Waals surface area contributed by atoms with E-state index in [2.05, 4.69) is 6.08 Å². The summed E-state index contributed by atoms with van der Waals surface area (Å²) in [5.74, 6) is -1.13. The number of carboxylic acid groups (broad SMARTS) is 1. The van der Waals surface area contributed by atoms with Gasteiger partial charge in [-0.3, -0.25) is 9.69 Å². The van der Waals surface area contributed by atoms with Crippen molar-refractivity contribution in [2.45, 2.75) is 95.1 Å². The molecule has 35 heavy (non-hydrogen) atoms. The van der Waals surface area contributed by atoms with Gasteiger partial charge < -0.3 is 5.11 Å². The summed E-state index contributed by atoms with van der Waals surface area (Å²) in [7, 11) is 0. The highest BCUT2D eigenvalue weighted by atomic mass is 19.4. The highest BCUT2D eigenvalue weighted by Crippen LogP contribution is 2.41. The van der Waals surface area contributed by atoms with Gasteiger partial charge in [-0.1, -0.05) is 23.8 Å². The molecule has 0 spiro atoms. The van der Waals surface area contributed by atoms with Gasteiger partial charge in [-0.2, -0.15) is 26.3 Å². The lowest BCUT2D eigenvalue weighted by molar-refractivity contribution is -0.141. The first kappa shape index (κ1) is 27.6. The second-order valence-corrected chi connectivity index (χ2v) is 9.82. The molecule has 1 heterocycles. The predicted octanol–water partition coefficient (Wildman–Crippen LogP) is 7.92. The fourth-order valence-corrected chi connectivity index (χ4v) is 5.44. The van der Waals surface area contributed by atoms with E-state index in [4.69, 9.17) is 0 Å². The SMILES string of the molecule is O=C(O)CC1CCN(C(CCC2=CCCCC2)CCC(F)(F)F)C(c2ccc(C(F)(F)F)cc2)C1. The molecule has 196 valence electrons. The maximum atomic E-state index is 13.2. The summed E-state index contributed by atoms with van der Waals surface area (Å²) in [5.41, 5.74) is 1.06. The third kappa shape index (κ3) is 8.54. The van der Waals surface area contributed by atoms with Crippen LogP contribution in [0.2, 0.25) is 0 Å². The Hall–Kier alpha value is -2.03. The molecule has 3 atom stereocenters. The van der Waals surface area contributed by atoms with E-state index >= 15 is 0 Å². The summed E-state index contributed by atoms with van der Waals surface area (Å²) in [6.07, 6.45) is -1.37. The number of hydrogen-bond donors (Lipinski definition) is 1. The first-order chi connectivity index (χ1) is 16.4. The average molecular weight is 506 g/mol. The van der Waals surface area contributed by atoms with Crippen LogP contribution in [0, 0.1) is 5.92 Å². The summed E-state index contributed by atoms with van der Waals surface area (Å²) in [6, 6.07) is 3.94. The van der Waals surface area contributed by atoms with Crippen LogP contribution in [0.15, 0.2) is 35.9 Å². The number of carbonyl (C=O) groups is 1. The zero-order valence-electron chi connectivity index (χ0n) is 19.7. The van der Waals surface area contributed by atoms with Gasteiger partial charge in [-0.05, 0) is 87.9 Å². The van der Waals surface area contributed by atoms with Gasteiger partial charge in [0.25, 0.3) is 0 Å². The quantitative estimate of drug-likeness (QED) is 0.274. The molecule has 0 saturated carbocycles. The largest absolute Gasteiger partial charge is 0.481 e. The molecule has 1 saturated heterocycles. The summed E-state index contributed by atoms with van der Waals surface area (Å²) in [5, 5.41) is 9.26. The van der Waals surface area contributed by atoms with Gasteiger partial charge in [-0.25, -0.2) is 0 Å². The Morgan fingerprint density at radius 2 is 1.77 bits per heavy atom. The molecule has 1 aliphatic carbocycles. The molecule has 3 nitrogen and oxygen atoms in total. The number of aliphatic carboxylic acids is 1. The molecule has 1 N–H and O–H groups in total. The molecule has 1 aliphatic heterocycles. The van der Waals surface area contributed by atoms with Crippen molar-refractivity contribution in [1.29, 1.82) is 0 Å². The van der Waals surface area contributed by atoms with Gasteiger partial charge in [0.05, 0.1) is 5.56 Å². The second kappa shape index (κ2) is 11.8. The third-order valence-electron chi connectivity index (χ3n) is 7.25. The Bertz CT molecular complexity index is 862. The van der Waals surface area contributed by atoms with Crippen LogP contribution in [0.25, 0.3) is 0 Å². The van der Waals surface area contributed by atoms with Crippen molar-refractivity contribution >= 4 is 5.97 Å². The van der Waals surface area contributed by atoms with Crippen molar-refractivity contribution in [3.63, 3.8) is 0 Å². The molecule has 1 aromatic carbocycles. The first-order valence-corrected chi connectivity index (χ1v) is 12.3.